The number of carboxylic acid groups (broad SMARTS) is 1. The van der Waals surface area contributed by atoms with E-state index in [1.165, 1.54) is 0 Å². The molecule has 0 aliphatic carbocycles. The highest BCUT2D eigenvalue weighted by Crippen LogP contribution is 2.28. The molecule has 0 amide bonds. The van der Waals surface area contributed by atoms with Crippen molar-refractivity contribution >= 4 is 29.3 Å². The lowest BCUT2D eigenvalue weighted by molar-refractivity contribution is -0.138. The Labute approximate surface area is 98.6 Å². The summed E-state index contributed by atoms with van der Waals surface area (Å²) in [6.07, 6.45) is 2.58. The Morgan fingerprint density at radius 2 is 2.20 bits per heavy atom. The van der Waals surface area contributed by atoms with Crippen LogP contribution in [0.25, 0.3) is 0 Å². The molecule has 0 fully saturated rings. The average molecular weight is 245 g/mol. The molecule has 1 rings (SSSR count). The molecule has 0 saturated heterocycles. The van der Waals surface area contributed by atoms with Crippen molar-refractivity contribution in [3.63, 3.8) is 0 Å². The van der Waals surface area contributed by atoms with Crippen LogP contribution in [0.3, 0.4) is 0 Å². The van der Waals surface area contributed by atoms with Gasteiger partial charge >= 0.3 is 5.97 Å². The fourth-order valence-electron chi connectivity index (χ4n) is 1.41. The second-order valence-electron chi connectivity index (χ2n) is 3.19. The molecule has 1 aromatic rings. The maximum atomic E-state index is 11.1. The SMILES string of the molecule is CSCCC(C(=O)O)c1ccccc1Cl. The van der Waals surface area contributed by atoms with Crippen LogP contribution in [0.5, 0.6) is 0 Å². The van der Waals surface area contributed by atoms with Crippen molar-refractivity contribution in [2.24, 2.45) is 0 Å². The lowest BCUT2D eigenvalue weighted by Gasteiger charge is -2.13. The van der Waals surface area contributed by atoms with E-state index < -0.39 is 11.9 Å². The number of rotatable bonds is 5. The summed E-state index contributed by atoms with van der Waals surface area (Å²) in [6.45, 7) is 0. The number of hydrogen-bond donors (Lipinski definition) is 1. The van der Waals surface area contributed by atoms with Crippen LogP contribution < -0.4 is 0 Å². The van der Waals surface area contributed by atoms with E-state index in [-0.39, 0.29) is 0 Å². The van der Waals surface area contributed by atoms with Gasteiger partial charge in [0.25, 0.3) is 0 Å². The average Bonchev–Trinajstić information content (AvgIpc) is 2.20. The van der Waals surface area contributed by atoms with E-state index in [4.69, 9.17) is 16.7 Å². The van der Waals surface area contributed by atoms with Gasteiger partial charge in [-0.1, -0.05) is 29.8 Å². The fourth-order valence-corrected chi connectivity index (χ4v) is 2.14. The minimum Gasteiger partial charge on any atom is -0.481 e. The first-order valence-corrected chi connectivity index (χ1v) is 6.40. The standard InChI is InChI=1S/C11H13ClO2S/c1-15-7-6-9(11(13)14)8-4-2-3-5-10(8)12/h2-5,9H,6-7H2,1H3,(H,13,14). The van der Waals surface area contributed by atoms with Crippen molar-refractivity contribution in [2.75, 3.05) is 12.0 Å². The first-order valence-electron chi connectivity index (χ1n) is 4.63. The van der Waals surface area contributed by atoms with Crippen LogP contribution in [-0.2, 0) is 4.79 Å². The second kappa shape index (κ2) is 6.03. The monoisotopic (exact) mass is 244 g/mol. The van der Waals surface area contributed by atoms with E-state index in [1.807, 2.05) is 12.3 Å². The molecule has 0 aliphatic rings. The zero-order valence-corrected chi connectivity index (χ0v) is 10.0. The van der Waals surface area contributed by atoms with Gasteiger partial charge in [-0.15, -0.1) is 0 Å². The van der Waals surface area contributed by atoms with Gasteiger partial charge in [0.05, 0.1) is 5.92 Å². The Balaban J connectivity index is 2.89. The van der Waals surface area contributed by atoms with Crippen molar-refractivity contribution in [3.8, 4) is 0 Å². The van der Waals surface area contributed by atoms with Gasteiger partial charge in [-0.3, -0.25) is 4.79 Å². The molecule has 0 heterocycles. The number of halogens is 1. The Morgan fingerprint density at radius 3 is 2.73 bits per heavy atom. The molecule has 0 aromatic heterocycles. The second-order valence-corrected chi connectivity index (χ2v) is 4.59. The molecule has 4 heteroatoms. The van der Waals surface area contributed by atoms with Gasteiger partial charge in [-0.2, -0.15) is 11.8 Å². The zero-order valence-electron chi connectivity index (χ0n) is 8.44. The van der Waals surface area contributed by atoms with Crippen LogP contribution in [0.2, 0.25) is 5.02 Å². The fraction of sp³-hybridized carbons (Fsp3) is 0.364. The molecule has 2 nitrogen and oxygen atoms in total. The molecule has 0 bridgehead atoms. The summed E-state index contributed by atoms with van der Waals surface area (Å²) in [5.74, 6) is -0.481. The van der Waals surface area contributed by atoms with Gasteiger partial charge < -0.3 is 5.11 Å². The quantitative estimate of drug-likeness (QED) is 0.864. The van der Waals surface area contributed by atoms with E-state index in [0.717, 1.165) is 5.75 Å². The molecule has 0 aliphatic heterocycles. The van der Waals surface area contributed by atoms with E-state index >= 15 is 0 Å². The summed E-state index contributed by atoms with van der Waals surface area (Å²) in [7, 11) is 0. The number of carbonyl (C=O) groups is 1. The van der Waals surface area contributed by atoms with Crippen LogP contribution in [0.15, 0.2) is 24.3 Å². The van der Waals surface area contributed by atoms with Crippen molar-refractivity contribution in [1.29, 1.82) is 0 Å². The largest absolute Gasteiger partial charge is 0.481 e. The Hall–Kier alpha value is -0.670. The molecular formula is C11H13ClO2S. The molecule has 1 atom stereocenters. The normalized spacial score (nSPS) is 12.4. The van der Waals surface area contributed by atoms with Gasteiger partial charge in [0.15, 0.2) is 0 Å². The van der Waals surface area contributed by atoms with Crippen molar-refractivity contribution in [2.45, 2.75) is 12.3 Å². The van der Waals surface area contributed by atoms with Crippen molar-refractivity contribution in [3.05, 3.63) is 34.9 Å². The maximum absolute atomic E-state index is 11.1. The number of thioether (sulfide) groups is 1. The molecule has 0 spiro atoms. The molecule has 1 unspecified atom stereocenters. The van der Waals surface area contributed by atoms with Crippen LogP contribution in [-0.4, -0.2) is 23.1 Å². The molecule has 1 aromatic carbocycles. The Kier molecular flexibility index (Phi) is 4.99. The number of carboxylic acids is 1. The van der Waals surface area contributed by atoms with Crippen molar-refractivity contribution in [1.82, 2.24) is 0 Å². The summed E-state index contributed by atoms with van der Waals surface area (Å²) in [5.41, 5.74) is 0.709. The third kappa shape index (κ3) is 3.43. The van der Waals surface area contributed by atoms with Crippen LogP contribution in [0.4, 0.5) is 0 Å². The first kappa shape index (κ1) is 12.4. The third-order valence-electron chi connectivity index (χ3n) is 2.19. The predicted molar refractivity (Wildman–Crippen MR) is 64.8 cm³/mol. The molecule has 82 valence electrons. The number of hydrogen-bond acceptors (Lipinski definition) is 2. The van der Waals surface area contributed by atoms with Gasteiger partial charge in [0, 0.05) is 5.02 Å². The summed E-state index contributed by atoms with van der Waals surface area (Å²) in [6, 6.07) is 7.13. The first-order chi connectivity index (χ1) is 7.16. The van der Waals surface area contributed by atoms with E-state index in [0.29, 0.717) is 17.0 Å². The summed E-state index contributed by atoms with van der Waals surface area (Å²) >= 11 is 7.61. The Bertz CT molecular complexity index is 341. The van der Waals surface area contributed by atoms with Gasteiger partial charge in [0.2, 0.25) is 0 Å². The lowest BCUT2D eigenvalue weighted by atomic mass is 9.97. The summed E-state index contributed by atoms with van der Waals surface area (Å²) in [4.78, 5) is 11.1. The topological polar surface area (TPSA) is 37.3 Å². The molecular weight excluding hydrogens is 232 g/mol. The van der Waals surface area contributed by atoms with Crippen LogP contribution in [0, 0.1) is 0 Å². The predicted octanol–water partition coefficient (Wildman–Crippen LogP) is 3.26. The molecule has 0 saturated carbocycles. The zero-order chi connectivity index (χ0) is 11.3. The number of benzene rings is 1. The molecule has 15 heavy (non-hydrogen) atoms. The highest BCUT2D eigenvalue weighted by molar-refractivity contribution is 7.98. The minimum atomic E-state index is -0.808. The van der Waals surface area contributed by atoms with Gasteiger partial charge in [-0.25, -0.2) is 0 Å². The Morgan fingerprint density at radius 1 is 1.53 bits per heavy atom. The number of aliphatic carboxylic acids is 1. The van der Waals surface area contributed by atoms with Crippen LogP contribution in [0.1, 0.15) is 17.9 Å². The molecule has 1 N–H and O–H groups in total. The van der Waals surface area contributed by atoms with Crippen molar-refractivity contribution < 1.29 is 9.90 Å². The maximum Gasteiger partial charge on any atom is 0.311 e. The van der Waals surface area contributed by atoms with E-state index in [1.54, 1.807) is 30.0 Å². The highest BCUT2D eigenvalue weighted by Gasteiger charge is 2.21. The summed E-state index contributed by atoms with van der Waals surface area (Å²) in [5, 5.41) is 9.64. The minimum absolute atomic E-state index is 0.494. The lowest BCUT2D eigenvalue weighted by Crippen LogP contribution is -2.13. The van der Waals surface area contributed by atoms with E-state index in [9.17, 15) is 4.79 Å². The van der Waals surface area contributed by atoms with E-state index in [2.05, 4.69) is 0 Å². The molecule has 0 radical (unpaired) electrons. The smallest absolute Gasteiger partial charge is 0.311 e. The highest BCUT2D eigenvalue weighted by atomic mass is 35.5. The van der Waals surface area contributed by atoms with Crippen LogP contribution >= 0.6 is 23.4 Å². The summed E-state index contributed by atoms with van der Waals surface area (Å²) < 4.78 is 0. The third-order valence-corrected chi connectivity index (χ3v) is 3.18. The van der Waals surface area contributed by atoms with Gasteiger partial charge in [0.1, 0.15) is 0 Å². The van der Waals surface area contributed by atoms with Gasteiger partial charge in [-0.05, 0) is 30.1 Å².